The van der Waals surface area contributed by atoms with E-state index in [1.165, 1.54) is 5.48 Å². The largest absolute Gasteiger partial charge is 0.394 e. The van der Waals surface area contributed by atoms with Crippen LogP contribution in [0.1, 0.15) is 84.5 Å². The minimum atomic E-state index is -1.53. The highest BCUT2D eigenvalue weighted by Crippen LogP contribution is 2.33. The van der Waals surface area contributed by atoms with Gasteiger partial charge in [0.1, 0.15) is 18.1 Å². The average molecular weight is 900 g/mol. The number of aliphatic hydroxyl groups excluding tert-OH is 1. The first-order valence-electron chi connectivity index (χ1n) is 20.7. The molecular formula is C37H65N13O11S. The van der Waals surface area contributed by atoms with Crippen LogP contribution in [0.25, 0.3) is 0 Å². The zero-order chi connectivity index (χ0) is 46.2. The number of carbonyl (C=O) groups is 9. The van der Waals surface area contributed by atoms with Crippen LogP contribution in [-0.4, -0.2) is 144 Å². The molecule has 7 atom stereocenters. The third kappa shape index (κ3) is 20.4. The Morgan fingerprint density at radius 3 is 2.13 bits per heavy atom. The van der Waals surface area contributed by atoms with E-state index in [1.807, 2.05) is 11.8 Å². The lowest BCUT2D eigenvalue weighted by molar-refractivity contribution is -0.137. The molecule has 17 N–H and O–H groups in total. The van der Waals surface area contributed by atoms with Crippen LogP contribution in [0.3, 0.4) is 0 Å². The number of nitrogens with zero attached hydrogens (tertiary/aromatic N) is 1. The van der Waals surface area contributed by atoms with Crippen LogP contribution in [-0.2, 0) is 38.4 Å². The van der Waals surface area contributed by atoms with E-state index in [-0.39, 0.29) is 74.5 Å². The molecule has 0 aromatic heterocycles. The predicted octanol–water partition coefficient (Wildman–Crippen LogP) is -4.23. The Balaban J connectivity index is 1.77. The number of unbranched alkanes of at least 4 members (excludes halogenated alkanes) is 2. The summed E-state index contributed by atoms with van der Waals surface area (Å²) >= 11 is 1.83. The zero-order valence-electron chi connectivity index (χ0n) is 35.3. The number of carbonyl (C=O) groups excluding carboxylic acids is 9. The lowest BCUT2D eigenvalue weighted by Crippen LogP contribution is -2.56. The summed E-state index contributed by atoms with van der Waals surface area (Å²) in [6.07, 6.45) is 3.98. The number of urea groups is 1. The van der Waals surface area contributed by atoms with E-state index >= 15 is 0 Å². The Labute approximate surface area is 364 Å². The summed E-state index contributed by atoms with van der Waals surface area (Å²) in [6, 6.07) is -3.71. The van der Waals surface area contributed by atoms with Crippen molar-refractivity contribution in [1.82, 2.24) is 48.0 Å². The number of nitrogens with two attached hydrogens (primary N) is 3. The van der Waals surface area contributed by atoms with E-state index in [9.17, 15) is 48.3 Å². The van der Waals surface area contributed by atoms with Crippen molar-refractivity contribution in [3.63, 3.8) is 0 Å². The summed E-state index contributed by atoms with van der Waals surface area (Å²) in [6.45, 7) is 1.99. The quantitative estimate of drug-likeness (QED) is 0.00812. The van der Waals surface area contributed by atoms with Crippen LogP contribution >= 0.6 is 11.8 Å². The van der Waals surface area contributed by atoms with E-state index in [0.29, 0.717) is 37.5 Å². The fourth-order valence-corrected chi connectivity index (χ4v) is 8.32. The summed E-state index contributed by atoms with van der Waals surface area (Å²) < 4.78 is 0. The molecular weight excluding hydrogens is 835 g/mol. The summed E-state index contributed by atoms with van der Waals surface area (Å²) in [5.41, 5.74) is 17.6. The lowest BCUT2D eigenvalue weighted by atomic mass is 9.92. The summed E-state index contributed by atoms with van der Waals surface area (Å²) in [5, 5.41) is 39.8. The van der Waals surface area contributed by atoms with Gasteiger partial charge in [-0.25, -0.2) is 10.3 Å². The molecule has 0 saturated carbocycles. The van der Waals surface area contributed by atoms with Gasteiger partial charge in [0.25, 0.3) is 0 Å². The highest BCUT2D eigenvalue weighted by Gasteiger charge is 2.42. The fraction of sp³-hybridized carbons (Fsp3) is 0.730. The van der Waals surface area contributed by atoms with E-state index in [2.05, 4.69) is 47.5 Å². The van der Waals surface area contributed by atoms with Gasteiger partial charge in [0, 0.05) is 42.9 Å². The molecule has 2 heterocycles. The van der Waals surface area contributed by atoms with Gasteiger partial charge in [-0.15, -0.1) is 0 Å². The highest BCUT2D eigenvalue weighted by atomic mass is 32.2. The summed E-state index contributed by atoms with van der Waals surface area (Å²) in [5.74, 6) is -6.07. The van der Waals surface area contributed by atoms with Crippen LogP contribution in [0.4, 0.5) is 4.79 Å². The van der Waals surface area contributed by atoms with Gasteiger partial charge < -0.3 is 64.8 Å². The minimum Gasteiger partial charge on any atom is -0.394 e. The molecule has 0 aliphatic carbocycles. The summed E-state index contributed by atoms with van der Waals surface area (Å²) in [7, 11) is 0. The smallest absolute Gasteiger partial charge is 0.315 e. The van der Waals surface area contributed by atoms with Crippen molar-refractivity contribution >= 4 is 71.0 Å². The second-order valence-corrected chi connectivity index (χ2v) is 16.8. The average Bonchev–Trinajstić information content (AvgIpc) is 3.78. The molecule has 62 heavy (non-hydrogen) atoms. The fourth-order valence-electron chi connectivity index (χ4n) is 6.78. The topological polar surface area (TPSA) is 393 Å². The molecule has 10 amide bonds. The van der Waals surface area contributed by atoms with Gasteiger partial charge in [-0.1, -0.05) is 20.3 Å². The molecule has 0 radical (unpaired) electrons. The number of hydrogen-bond donors (Lipinski definition) is 14. The molecule has 2 saturated heterocycles. The van der Waals surface area contributed by atoms with Crippen LogP contribution in [0.5, 0.6) is 0 Å². The van der Waals surface area contributed by atoms with Crippen LogP contribution in [0, 0.1) is 11.8 Å². The molecule has 24 nitrogen and oxygen atoms in total. The number of hydroxylamine groups is 1. The lowest BCUT2D eigenvalue weighted by Gasteiger charge is -2.24. The van der Waals surface area contributed by atoms with Crippen molar-refractivity contribution < 1.29 is 53.5 Å². The molecule has 2 fully saturated rings. The van der Waals surface area contributed by atoms with Gasteiger partial charge in [-0.05, 0) is 57.3 Å². The zero-order valence-corrected chi connectivity index (χ0v) is 36.1. The molecule has 1 unspecified atom stereocenters. The Morgan fingerprint density at radius 2 is 1.47 bits per heavy atom. The van der Waals surface area contributed by atoms with Crippen molar-refractivity contribution in [2.45, 2.75) is 120 Å². The van der Waals surface area contributed by atoms with Crippen molar-refractivity contribution in [3.05, 3.63) is 0 Å². The number of thioether (sulfide) groups is 1. The molecule has 350 valence electrons. The predicted molar refractivity (Wildman–Crippen MR) is 226 cm³/mol. The molecule has 0 aromatic carbocycles. The molecule has 0 aromatic rings. The Hall–Kier alpha value is -5.43. The van der Waals surface area contributed by atoms with E-state index in [1.54, 1.807) is 13.8 Å². The molecule has 0 spiro atoms. The number of aliphatic imine (C=N–C) groups is 1. The highest BCUT2D eigenvalue weighted by molar-refractivity contribution is 8.00. The normalized spacial score (nSPS) is 18.3. The number of amides is 10. The molecule has 0 bridgehead atoms. The number of nitrogens with one attached hydrogen (secondary N) is 9. The third-order valence-electron chi connectivity index (χ3n) is 9.95. The SMILES string of the molecule is CC(C)CC(CC(=O)NO)C(=O)N[C@@H](CO)C(=O)N[C@@H](CCCN=C(N)N)C(=O)NCC(=O)NCC(=O)N[C@@H](CCCCNC(=O)CCCC[C@@H]1SC[C@@H]2NC(=O)N[C@@H]21)C(N)=O. The number of rotatable bonds is 30. The number of aliphatic hydroxyl groups is 1. The Morgan fingerprint density at radius 1 is 0.774 bits per heavy atom. The minimum absolute atomic E-state index is 0.0412. The molecule has 2 rings (SSSR count). The maximum atomic E-state index is 13.1. The van der Waals surface area contributed by atoms with Crippen molar-refractivity contribution in [2.24, 2.45) is 34.0 Å². The van der Waals surface area contributed by atoms with Gasteiger partial charge in [0.2, 0.25) is 47.3 Å². The van der Waals surface area contributed by atoms with E-state index in [0.717, 1.165) is 18.6 Å². The second-order valence-electron chi connectivity index (χ2n) is 15.5. The van der Waals surface area contributed by atoms with Gasteiger partial charge in [-0.3, -0.25) is 48.6 Å². The second kappa shape index (κ2) is 28.2. The first-order valence-corrected chi connectivity index (χ1v) is 21.8. The van der Waals surface area contributed by atoms with Crippen LogP contribution < -0.4 is 65.2 Å². The Kier molecular flexibility index (Phi) is 24.0. The van der Waals surface area contributed by atoms with Crippen molar-refractivity contribution in [3.8, 4) is 0 Å². The molecule has 25 heteroatoms. The van der Waals surface area contributed by atoms with Gasteiger partial charge in [0.15, 0.2) is 5.96 Å². The van der Waals surface area contributed by atoms with E-state index < -0.39 is 85.1 Å². The molecule has 2 aliphatic rings. The number of primary amides is 1. The molecule has 2 aliphatic heterocycles. The maximum Gasteiger partial charge on any atom is 0.315 e. The monoisotopic (exact) mass is 899 g/mol. The first kappa shape index (κ1) is 52.7. The van der Waals surface area contributed by atoms with Crippen molar-refractivity contribution in [1.29, 1.82) is 0 Å². The van der Waals surface area contributed by atoms with Crippen LogP contribution in [0.15, 0.2) is 4.99 Å². The van der Waals surface area contributed by atoms with Crippen LogP contribution in [0.2, 0.25) is 0 Å². The number of guanidine groups is 1. The van der Waals surface area contributed by atoms with Crippen molar-refractivity contribution in [2.75, 3.05) is 38.5 Å². The van der Waals surface area contributed by atoms with Gasteiger partial charge in [0.05, 0.1) is 31.8 Å². The number of fused-ring (bicyclic) bond motifs is 1. The third-order valence-corrected chi connectivity index (χ3v) is 11.5. The van der Waals surface area contributed by atoms with E-state index in [4.69, 9.17) is 22.4 Å². The summed E-state index contributed by atoms with van der Waals surface area (Å²) in [4.78, 5) is 116. The first-order chi connectivity index (χ1) is 29.4. The Bertz CT molecular complexity index is 1580. The van der Waals surface area contributed by atoms with Gasteiger partial charge in [-0.2, -0.15) is 11.8 Å². The standard InChI is InChI=1S/C37H65N13O11S/c1-20(2)14-21(15-28(53)50-61)33(57)47-24(18-51)35(59)46-23(9-7-13-42-36(39)40)34(58)44-16-29(54)43-17-30(55)45-22(32(38)56)8-5-6-12-41-27(52)11-4-3-10-26-31-25(19-62-26)48-37(60)49-31/h20-26,31,51,61H,3-19H2,1-2H3,(H2,38,56)(H,41,52)(H,43,54)(H,44,58)(H,45,55)(H,46,59)(H,47,57)(H,50,53)(H4,39,40,42)(H2,48,49,60)/t21?,22-,23-,24-,25-,26-,31-/m0/s1. The van der Waals surface area contributed by atoms with Gasteiger partial charge >= 0.3 is 6.03 Å². The number of hydrogen-bond acceptors (Lipinski definition) is 13. The maximum absolute atomic E-state index is 13.1.